The summed E-state index contributed by atoms with van der Waals surface area (Å²) in [5.41, 5.74) is 4.51. The summed E-state index contributed by atoms with van der Waals surface area (Å²) < 4.78 is 0. The second kappa shape index (κ2) is 4.44. The first kappa shape index (κ1) is 12.4. The van der Waals surface area contributed by atoms with Crippen LogP contribution in [0.3, 0.4) is 0 Å². The topological polar surface area (TPSA) is 111 Å². The summed E-state index contributed by atoms with van der Waals surface area (Å²) in [5, 5.41) is 13.7. The van der Waals surface area contributed by atoms with Crippen molar-refractivity contribution in [2.45, 2.75) is 25.8 Å². The molecule has 7 nitrogen and oxygen atoms in total. The fraction of sp³-hybridized carbons (Fsp3) is 0.500. The highest BCUT2D eigenvalue weighted by molar-refractivity contribution is 7.18. The number of primary amides is 1. The lowest BCUT2D eigenvalue weighted by molar-refractivity contribution is -0.380. The van der Waals surface area contributed by atoms with Gasteiger partial charge in [-0.25, -0.2) is 4.98 Å². The van der Waals surface area contributed by atoms with Gasteiger partial charge in [0, 0.05) is 12.0 Å². The van der Waals surface area contributed by atoms with Crippen LogP contribution in [0.4, 0.5) is 10.1 Å². The largest absolute Gasteiger partial charge is 0.370 e. The first-order chi connectivity index (χ1) is 7.30. The van der Waals surface area contributed by atoms with Crippen molar-refractivity contribution in [1.82, 2.24) is 4.98 Å². The van der Waals surface area contributed by atoms with E-state index in [4.69, 9.17) is 5.73 Å². The summed E-state index contributed by atoms with van der Waals surface area (Å²) in [6, 6.07) is 0. The van der Waals surface area contributed by atoms with Crippen molar-refractivity contribution in [3.8, 4) is 0 Å². The molecule has 3 N–H and O–H groups in total. The van der Waals surface area contributed by atoms with E-state index in [0.29, 0.717) is 5.13 Å². The summed E-state index contributed by atoms with van der Waals surface area (Å²) in [5.74, 6) is -0.441. The predicted octanol–water partition coefficient (Wildman–Crippen LogP) is 1.12. The van der Waals surface area contributed by atoms with Gasteiger partial charge in [0.05, 0.1) is 4.92 Å². The van der Waals surface area contributed by atoms with E-state index < -0.39 is 16.4 Å². The van der Waals surface area contributed by atoms with Crippen molar-refractivity contribution >= 4 is 27.4 Å². The molecule has 88 valence electrons. The Balaban J connectivity index is 2.72. The zero-order chi connectivity index (χ0) is 12.3. The van der Waals surface area contributed by atoms with E-state index in [-0.39, 0.29) is 11.4 Å². The SMILES string of the molecule is CC(C)(CC(N)=O)Nc1ncc([N+](=O)[O-])s1. The normalized spacial score (nSPS) is 11.1. The summed E-state index contributed by atoms with van der Waals surface area (Å²) in [4.78, 5) is 24.5. The summed E-state index contributed by atoms with van der Waals surface area (Å²) >= 11 is 0.922. The van der Waals surface area contributed by atoms with Crippen LogP contribution in [0.2, 0.25) is 0 Å². The van der Waals surface area contributed by atoms with Crippen LogP contribution in [0, 0.1) is 10.1 Å². The van der Waals surface area contributed by atoms with Gasteiger partial charge in [-0.1, -0.05) is 0 Å². The number of nitro groups is 1. The zero-order valence-corrected chi connectivity index (χ0v) is 9.71. The highest BCUT2D eigenvalue weighted by Gasteiger charge is 2.22. The molecule has 1 amide bonds. The number of nitrogens with two attached hydrogens (primary N) is 1. The third kappa shape index (κ3) is 3.46. The molecule has 1 aromatic rings. The summed E-state index contributed by atoms with van der Waals surface area (Å²) in [7, 11) is 0. The molecule has 0 bridgehead atoms. The maximum atomic E-state index is 10.8. The number of carbonyl (C=O) groups is 1. The molecule has 0 atom stereocenters. The highest BCUT2D eigenvalue weighted by atomic mass is 32.1. The van der Waals surface area contributed by atoms with E-state index in [0.717, 1.165) is 11.3 Å². The first-order valence-electron chi connectivity index (χ1n) is 4.47. The fourth-order valence-corrected chi connectivity index (χ4v) is 1.99. The number of hydrogen-bond donors (Lipinski definition) is 2. The van der Waals surface area contributed by atoms with Crippen LogP contribution in [0.25, 0.3) is 0 Å². The van der Waals surface area contributed by atoms with Gasteiger partial charge in [-0.15, -0.1) is 0 Å². The van der Waals surface area contributed by atoms with Gasteiger partial charge in [0.2, 0.25) is 5.91 Å². The molecule has 1 rings (SSSR count). The van der Waals surface area contributed by atoms with Crippen LogP contribution in [-0.4, -0.2) is 21.4 Å². The molecule has 0 radical (unpaired) electrons. The van der Waals surface area contributed by atoms with E-state index >= 15 is 0 Å². The Morgan fingerprint density at radius 2 is 2.38 bits per heavy atom. The molecule has 8 heteroatoms. The van der Waals surface area contributed by atoms with Crippen molar-refractivity contribution in [3.63, 3.8) is 0 Å². The number of carbonyl (C=O) groups excluding carboxylic acids is 1. The minimum Gasteiger partial charge on any atom is -0.370 e. The molecule has 0 aromatic carbocycles. The van der Waals surface area contributed by atoms with Crippen molar-refractivity contribution < 1.29 is 9.72 Å². The number of aromatic nitrogens is 1. The average molecular weight is 244 g/mol. The summed E-state index contributed by atoms with van der Waals surface area (Å²) in [6.45, 7) is 3.54. The monoisotopic (exact) mass is 244 g/mol. The molecule has 0 aliphatic heterocycles. The Bertz CT molecular complexity index is 415. The van der Waals surface area contributed by atoms with Gasteiger partial charge in [0.15, 0.2) is 5.13 Å². The molecule has 1 heterocycles. The number of nitrogens with one attached hydrogen (secondary N) is 1. The van der Waals surface area contributed by atoms with E-state index in [1.54, 1.807) is 13.8 Å². The highest BCUT2D eigenvalue weighted by Crippen LogP contribution is 2.27. The lowest BCUT2D eigenvalue weighted by Gasteiger charge is -2.23. The lowest BCUT2D eigenvalue weighted by atomic mass is 10.0. The van der Waals surface area contributed by atoms with Crippen LogP contribution in [0.5, 0.6) is 0 Å². The van der Waals surface area contributed by atoms with Crippen LogP contribution >= 0.6 is 11.3 Å². The Labute approximate surface area is 95.8 Å². The van der Waals surface area contributed by atoms with Crippen molar-refractivity contribution in [2.75, 3.05) is 5.32 Å². The molecule has 0 aliphatic rings. The van der Waals surface area contributed by atoms with Gasteiger partial charge >= 0.3 is 5.00 Å². The van der Waals surface area contributed by atoms with Gasteiger partial charge in [0.1, 0.15) is 6.20 Å². The molecule has 1 aromatic heterocycles. The molecule has 16 heavy (non-hydrogen) atoms. The number of nitrogens with zero attached hydrogens (tertiary/aromatic N) is 2. The number of hydrogen-bond acceptors (Lipinski definition) is 6. The third-order valence-corrected chi connectivity index (χ3v) is 2.60. The molecule has 0 unspecified atom stereocenters. The maximum absolute atomic E-state index is 10.8. The predicted molar refractivity (Wildman–Crippen MR) is 60.3 cm³/mol. The van der Waals surface area contributed by atoms with Crippen LogP contribution in [0.15, 0.2) is 6.20 Å². The average Bonchev–Trinajstić information content (AvgIpc) is 2.48. The molecule has 0 saturated carbocycles. The Morgan fingerprint density at radius 3 is 2.81 bits per heavy atom. The van der Waals surface area contributed by atoms with Crippen molar-refractivity contribution in [1.29, 1.82) is 0 Å². The standard InChI is InChI=1S/C8H12N4O3S/c1-8(2,3-5(9)13)11-7-10-4-6(16-7)12(14)15/h4H,3H2,1-2H3,(H2,9,13)(H,10,11). The van der Waals surface area contributed by atoms with Crippen molar-refractivity contribution in [3.05, 3.63) is 16.3 Å². The van der Waals surface area contributed by atoms with Crippen LogP contribution < -0.4 is 11.1 Å². The maximum Gasteiger partial charge on any atom is 0.345 e. The van der Waals surface area contributed by atoms with E-state index in [9.17, 15) is 14.9 Å². The third-order valence-electron chi connectivity index (χ3n) is 1.73. The molecule has 0 fully saturated rings. The van der Waals surface area contributed by atoms with E-state index in [1.165, 1.54) is 6.20 Å². The number of thiazole rings is 1. The first-order valence-corrected chi connectivity index (χ1v) is 5.28. The quantitative estimate of drug-likeness (QED) is 0.595. The number of amides is 1. The van der Waals surface area contributed by atoms with Gasteiger partial charge in [-0.3, -0.25) is 14.9 Å². The van der Waals surface area contributed by atoms with Gasteiger partial charge < -0.3 is 11.1 Å². The summed E-state index contributed by atoms with van der Waals surface area (Å²) in [6.07, 6.45) is 1.30. The van der Waals surface area contributed by atoms with Crippen LogP contribution in [0.1, 0.15) is 20.3 Å². The molecular weight excluding hydrogens is 232 g/mol. The minimum absolute atomic E-state index is 0.0441. The Kier molecular flexibility index (Phi) is 3.43. The Morgan fingerprint density at radius 1 is 1.75 bits per heavy atom. The minimum atomic E-state index is -0.572. The van der Waals surface area contributed by atoms with Crippen molar-refractivity contribution in [2.24, 2.45) is 5.73 Å². The Hall–Kier alpha value is -1.70. The van der Waals surface area contributed by atoms with Gasteiger partial charge in [-0.05, 0) is 25.2 Å². The fourth-order valence-electron chi connectivity index (χ4n) is 1.18. The van der Waals surface area contributed by atoms with Crippen LogP contribution in [-0.2, 0) is 4.79 Å². The molecular formula is C8H12N4O3S. The van der Waals surface area contributed by atoms with E-state index in [2.05, 4.69) is 10.3 Å². The second-order valence-corrected chi connectivity index (χ2v) is 4.92. The molecule has 0 spiro atoms. The van der Waals surface area contributed by atoms with Gasteiger partial charge in [0.25, 0.3) is 0 Å². The zero-order valence-electron chi connectivity index (χ0n) is 8.89. The smallest absolute Gasteiger partial charge is 0.345 e. The molecule has 0 saturated heterocycles. The van der Waals surface area contributed by atoms with E-state index in [1.807, 2.05) is 0 Å². The number of rotatable bonds is 5. The number of anilines is 1. The second-order valence-electron chi connectivity index (χ2n) is 3.91. The van der Waals surface area contributed by atoms with Gasteiger partial charge in [-0.2, -0.15) is 0 Å². The lowest BCUT2D eigenvalue weighted by Crippen LogP contribution is -2.35. The molecule has 0 aliphatic carbocycles.